The number of carbonyl (C=O) groups excluding carboxylic acids is 2. The molecular weight excluding hydrogens is 406 g/mol. The monoisotopic (exact) mass is 427 g/mol. The molecule has 2 bridgehead atoms. The van der Waals surface area contributed by atoms with Crippen molar-refractivity contribution in [3.8, 4) is 0 Å². The van der Waals surface area contributed by atoms with Crippen LogP contribution in [0.1, 0.15) is 19.3 Å². The number of carboxylic acids is 1. The maximum absolute atomic E-state index is 12.4. The molecule has 4 fully saturated rings. The highest BCUT2D eigenvalue weighted by molar-refractivity contribution is 6.48. The van der Waals surface area contributed by atoms with Crippen molar-refractivity contribution in [1.82, 2.24) is 10.2 Å². The van der Waals surface area contributed by atoms with Gasteiger partial charge in [0.2, 0.25) is 5.78 Å². The molecule has 10 nitrogen and oxygen atoms in total. The maximum Gasteiger partial charge on any atom is 0.343 e. The molecule has 0 amide bonds. The molecule has 0 aromatic rings. The van der Waals surface area contributed by atoms with E-state index in [9.17, 15) is 29.6 Å². The summed E-state index contributed by atoms with van der Waals surface area (Å²) in [7, 11) is 0. The van der Waals surface area contributed by atoms with E-state index in [2.05, 4.69) is 16.3 Å². The molecule has 6 aliphatic rings. The number of carbonyl (C=O) groups is 3. The van der Waals surface area contributed by atoms with Crippen LogP contribution in [-0.2, 0) is 19.1 Å². The molecule has 2 N–H and O–H groups in total. The zero-order valence-corrected chi connectivity index (χ0v) is 16.6. The zero-order chi connectivity index (χ0) is 21.7. The fraction of sp³-hybridized carbons (Fsp3) is 0.571. The molecule has 2 aliphatic carbocycles. The molecule has 4 heterocycles. The van der Waals surface area contributed by atoms with Crippen molar-refractivity contribution in [3.05, 3.63) is 44.8 Å². The van der Waals surface area contributed by atoms with Crippen LogP contribution in [0.25, 0.3) is 0 Å². The first-order valence-electron chi connectivity index (χ1n) is 10.6. The Bertz CT molecular complexity index is 1060. The average Bonchev–Trinajstić information content (AvgIpc) is 3.18. The quantitative estimate of drug-likeness (QED) is 0.210. The highest BCUT2D eigenvalue weighted by Gasteiger charge is 2.69. The number of hydrogen-bond acceptors (Lipinski definition) is 8. The van der Waals surface area contributed by atoms with E-state index in [0.717, 1.165) is 19.5 Å². The molecule has 0 aromatic carbocycles. The van der Waals surface area contributed by atoms with Crippen LogP contribution in [0.3, 0.4) is 0 Å². The smallest absolute Gasteiger partial charge is 0.343 e. The molecule has 31 heavy (non-hydrogen) atoms. The van der Waals surface area contributed by atoms with Crippen molar-refractivity contribution in [2.45, 2.75) is 37.5 Å². The maximum atomic E-state index is 12.4. The van der Waals surface area contributed by atoms with Gasteiger partial charge in [0, 0.05) is 30.0 Å². The number of piperidine rings is 1. The van der Waals surface area contributed by atoms with E-state index < -0.39 is 39.7 Å². The van der Waals surface area contributed by atoms with E-state index in [-0.39, 0.29) is 36.0 Å². The number of carboxylic acid groups (broad SMARTS) is 1. The van der Waals surface area contributed by atoms with Gasteiger partial charge in [0.15, 0.2) is 0 Å². The second-order valence-electron chi connectivity index (χ2n) is 9.30. The topological polar surface area (TPSA) is 139 Å². The van der Waals surface area contributed by atoms with Crippen LogP contribution in [0.2, 0.25) is 0 Å². The van der Waals surface area contributed by atoms with E-state index in [1.807, 2.05) is 0 Å². The van der Waals surface area contributed by atoms with Gasteiger partial charge in [0.05, 0.1) is 24.1 Å². The lowest BCUT2D eigenvalue weighted by Crippen LogP contribution is -2.63. The molecule has 2 unspecified atom stereocenters. The standard InChI is InChI=1S/C21H21N3O7/c25-12-6-11-17(18(19(12)28)24(29)30)22-20-16-10-5-14-21(11,20)2-3-23(14)8-9(10)1-4-31-13(16)7-15(26)27/h1,6,10,13-14,16,20,22H,2-5,7-8H2,(H,26,27)/t10-,13?,14-,16-,20?,21+/m1/s1. The number of nitro groups is 1. The van der Waals surface area contributed by atoms with Crippen LogP contribution in [-0.4, -0.2) is 70.3 Å². The third-order valence-corrected chi connectivity index (χ3v) is 8.26. The molecular formula is C21H21N3O7. The molecule has 0 radical (unpaired) electrons. The highest BCUT2D eigenvalue weighted by Crippen LogP contribution is 2.64. The van der Waals surface area contributed by atoms with Crippen molar-refractivity contribution in [3.63, 3.8) is 0 Å². The van der Waals surface area contributed by atoms with E-state index in [1.54, 1.807) is 0 Å². The fourth-order valence-electron chi connectivity index (χ4n) is 7.23. The van der Waals surface area contributed by atoms with Crippen molar-refractivity contribution in [2.75, 3.05) is 19.7 Å². The summed E-state index contributed by atoms with van der Waals surface area (Å²) >= 11 is 0. The Kier molecular flexibility index (Phi) is 3.72. The van der Waals surface area contributed by atoms with E-state index in [1.165, 1.54) is 11.6 Å². The summed E-state index contributed by atoms with van der Waals surface area (Å²) in [6, 6.07) is -0.271. The third kappa shape index (κ3) is 2.26. The molecule has 6 atom stereocenters. The summed E-state index contributed by atoms with van der Waals surface area (Å²) < 4.78 is 6.00. The Hall–Kier alpha value is -2.85. The van der Waals surface area contributed by atoms with Crippen molar-refractivity contribution in [2.24, 2.45) is 17.3 Å². The molecule has 162 valence electrons. The SMILES string of the molecule is O=C(O)CC1OCC=C2CN3CC[C@@]45C6=CC(=O)C(=O)C([N+](=O)[O-])=C6NC4[C@@H]1[C@@H]2C[C@@H]35. The van der Waals surface area contributed by atoms with Gasteiger partial charge in [-0.3, -0.25) is 29.4 Å². The predicted molar refractivity (Wildman–Crippen MR) is 103 cm³/mol. The van der Waals surface area contributed by atoms with Crippen LogP contribution < -0.4 is 5.32 Å². The summed E-state index contributed by atoms with van der Waals surface area (Å²) in [5.74, 6) is -3.05. The van der Waals surface area contributed by atoms with E-state index in [4.69, 9.17) is 4.74 Å². The van der Waals surface area contributed by atoms with Gasteiger partial charge in [0.1, 0.15) is 5.70 Å². The number of aliphatic carboxylic acids is 1. The van der Waals surface area contributed by atoms with Crippen LogP contribution in [0.5, 0.6) is 0 Å². The minimum absolute atomic E-state index is 0.0738. The lowest BCUT2D eigenvalue weighted by molar-refractivity contribution is -0.419. The average molecular weight is 427 g/mol. The number of nitrogens with zero attached hydrogens (tertiary/aromatic N) is 2. The summed E-state index contributed by atoms with van der Waals surface area (Å²) in [6.07, 6.45) is 4.09. The Balaban J connectivity index is 1.57. The van der Waals surface area contributed by atoms with Crippen molar-refractivity contribution < 1.29 is 29.2 Å². The van der Waals surface area contributed by atoms with Crippen molar-refractivity contribution in [1.29, 1.82) is 0 Å². The molecule has 10 heteroatoms. The number of ketones is 2. The van der Waals surface area contributed by atoms with Crippen molar-refractivity contribution >= 4 is 17.5 Å². The zero-order valence-electron chi connectivity index (χ0n) is 16.6. The Morgan fingerprint density at radius 1 is 1.42 bits per heavy atom. The third-order valence-electron chi connectivity index (χ3n) is 8.26. The van der Waals surface area contributed by atoms with Gasteiger partial charge < -0.3 is 15.2 Å². The number of allylic oxidation sites excluding steroid dienone is 3. The Labute approximate surface area is 176 Å². The number of fused-ring (bicyclic) bond motifs is 2. The number of rotatable bonds is 3. The minimum Gasteiger partial charge on any atom is -0.481 e. The summed E-state index contributed by atoms with van der Waals surface area (Å²) in [6.45, 7) is 1.87. The van der Waals surface area contributed by atoms with Gasteiger partial charge in [-0.1, -0.05) is 11.6 Å². The van der Waals surface area contributed by atoms with Gasteiger partial charge in [-0.2, -0.15) is 0 Å². The second kappa shape index (κ2) is 6.10. The van der Waals surface area contributed by atoms with Gasteiger partial charge in [-0.15, -0.1) is 0 Å². The largest absolute Gasteiger partial charge is 0.481 e. The van der Waals surface area contributed by atoms with E-state index >= 15 is 0 Å². The lowest BCUT2D eigenvalue weighted by Gasteiger charge is -2.55. The van der Waals surface area contributed by atoms with Crippen LogP contribution in [0.4, 0.5) is 0 Å². The normalized spacial score (nSPS) is 40.5. The summed E-state index contributed by atoms with van der Waals surface area (Å²) in [5, 5.41) is 24.6. The highest BCUT2D eigenvalue weighted by atomic mass is 16.6. The molecule has 4 aliphatic heterocycles. The van der Waals surface area contributed by atoms with Gasteiger partial charge in [-0.05, 0) is 37.0 Å². The number of nitrogens with one attached hydrogen (secondary N) is 1. The predicted octanol–water partition coefficient (Wildman–Crippen LogP) is 0.0350. The fourth-order valence-corrected chi connectivity index (χ4v) is 7.23. The summed E-state index contributed by atoms with van der Waals surface area (Å²) in [5.41, 5.74) is 0.637. The summed E-state index contributed by atoms with van der Waals surface area (Å²) in [4.78, 5) is 49.8. The Morgan fingerprint density at radius 3 is 2.97 bits per heavy atom. The molecule has 3 saturated heterocycles. The van der Waals surface area contributed by atoms with Crippen LogP contribution in [0, 0.1) is 27.4 Å². The molecule has 0 aromatic heterocycles. The number of hydrogen-bond donors (Lipinski definition) is 2. The van der Waals surface area contributed by atoms with Gasteiger partial charge >= 0.3 is 17.4 Å². The van der Waals surface area contributed by atoms with Gasteiger partial charge in [0.25, 0.3) is 0 Å². The second-order valence-corrected chi connectivity index (χ2v) is 9.30. The first kappa shape index (κ1) is 18.9. The lowest BCUT2D eigenvalue weighted by atomic mass is 9.54. The molecule has 6 rings (SSSR count). The molecule has 1 spiro atoms. The minimum atomic E-state index is -1.11. The van der Waals surface area contributed by atoms with Crippen LogP contribution >= 0.6 is 0 Å². The van der Waals surface area contributed by atoms with Crippen LogP contribution in [0.15, 0.2) is 34.7 Å². The Morgan fingerprint density at radius 2 is 2.23 bits per heavy atom. The number of Topliss-reactive ketones (excluding diaryl/α,β-unsaturated/α-hetero) is 1. The first-order valence-corrected chi connectivity index (χ1v) is 10.6. The first-order chi connectivity index (χ1) is 14.8. The molecule has 1 saturated carbocycles. The number of ether oxygens (including phenoxy) is 1. The van der Waals surface area contributed by atoms with E-state index in [0.29, 0.717) is 18.6 Å². The van der Waals surface area contributed by atoms with Gasteiger partial charge in [-0.25, -0.2) is 0 Å².